The highest BCUT2D eigenvalue weighted by molar-refractivity contribution is 5.96. The van der Waals surface area contributed by atoms with Crippen LogP contribution >= 0.6 is 0 Å². The molecule has 2 aromatic carbocycles. The molecule has 0 radical (unpaired) electrons. The summed E-state index contributed by atoms with van der Waals surface area (Å²) in [6.07, 6.45) is 0. The topological polar surface area (TPSA) is 70.7 Å². The molecule has 2 aromatic rings. The zero-order chi connectivity index (χ0) is 18.1. The molecule has 0 atom stereocenters. The van der Waals surface area contributed by atoms with Crippen LogP contribution in [0.2, 0.25) is 0 Å². The lowest BCUT2D eigenvalue weighted by molar-refractivity contribution is 0.306. The maximum absolute atomic E-state index is 9.12. The molecule has 2 N–H and O–H groups in total. The third-order valence-electron chi connectivity index (χ3n) is 4.47. The van der Waals surface area contributed by atoms with Crippen molar-refractivity contribution < 1.29 is 9.52 Å². The van der Waals surface area contributed by atoms with E-state index in [4.69, 9.17) is 14.5 Å². The second-order valence-corrected chi connectivity index (χ2v) is 6.27. The SMILES string of the molecule is CCNc1cc2oc3cc(=NCCO)c4ccccc4c-3nc2cc1C. The number of aromatic nitrogens is 1. The van der Waals surface area contributed by atoms with Crippen molar-refractivity contribution >= 4 is 27.6 Å². The van der Waals surface area contributed by atoms with E-state index in [1.165, 1.54) is 0 Å². The smallest absolute Gasteiger partial charge is 0.155 e. The minimum Gasteiger partial charge on any atom is -0.453 e. The van der Waals surface area contributed by atoms with Crippen LogP contribution in [-0.2, 0) is 0 Å². The molecule has 0 saturated carbocycles. The number of hydrogen-bond donors (Lipinski definition) is 2. The lowest BCUT2D eigenvalue weighted by Crippen LogP contribution is -2.08. The van der Waals surface area contributed by atoms with Crippen LogP contribution in [0.4, 0.5) is 5.69 Å². The van der Waals surface area contributed by atoms with Crippen molar-refractivity contribution in [1.29, 1.82) is 0 Å². The summed E-state index contributed by atoms with van der Waals surface area (Å²) in [5, 5.41) is 15.3. The number of benzene rings is 3. The number of hydrogen-bond acceptors (Lipinski definition) is 5. The molecule has 26 heavy (non-hydrogen) atoms. The predicted octanol–water partition coefficient (Wildman–Crippen LogP) is 3.72. The van der Waals surface area contributed by atoms with E-state index in [-0.39, 0.29) is 6.61 Å². The summed E-state index contributed by atoms with van der Waals surface area (Å²) < 4.78 is 6.19. The van der Waals surface area contributed by atoms with Gasteiger partial charge in [-0.2, -0.15) is 0 Å². The highest BCUT2D eigenvalue weighted by Gasteiger charge is 2.15. The zero-order valence-corrected chi connectivity index (χ0v) is 14.9. The third kappa shape index (κ3) is 2.80. The highest BCUT2D eigenvalue weighted by atomic mass is 16.3. The van der Waals surface area contributed by atoms with Crippen molar-refractivity contribution in [2.24, 2.45) is 4.99 Å². The van der Waals surface area contributed by atoms with Gasteiger partial charge in [0.05, 0.1) is 18.5 Å². The summed E-state index contributed by atoms with van der Waals surface area (Å²) in [5.74, 6) is 0.694. The number of fused-ring (bicyclic) bond motifs is 4. The van der Waals surface area contributed by atoms with Crippen molar-refractivity contribution in [3.05, 3.63) is 53.4 Å². The van der Waals surface area contributed by atoms with Crippen molar-refractivity contribution in [3.8, 4) is 11.5 Å². The predicted molar refractivity (Wildman–Crippen MR) is 105 cm³/mol. The molecule has 132 valence electrons. The van der Waals surface area contributed by atoms with Gasteiger partial charge in [0.25, 0.3) is 0 Å². The quantitative estimate of drug-likeness (QED) is 0.436. The maximum Gasteiger partial charge on any atom is 0.155 e. The number of nitrogens with one attached hydrogen (secondary N) is 1. The lowest BCUT2D eigenvalue weighted by atomic mass is 10.0. The van der Waals surface area contributed by atoms with E-state index in [0.29, 0.717) is 12.3 Å². The van der Waals surface area contributed by atoms with Crippen molar-refractivity contribution in [3.63, 3.8) is 0 Å². The Morgan fingerprint density at radius 3 is 2.73 bits per heavy atom. The molecule has 2 aliphatic rings. The number of nitrogens with zero attached hydrogens (tertiary/aromatic N) is 2. The van der Waals surface area contributed by atoms with Gasteiger partial charge in [0.2, 0.25) is 0 Å². The zero-order valence-electron chi connectivity index (χ0n) is 14.9. The van der Waals surface area contributed by atoms with Crippen LogP contribution in [0.5, 0.6) is 0 Å². The molecule has 5 nitrogen and oxygen atoms in total. The monoisotopic (exact) mass is 347 g/mol. The Morgan fingerprint density at radius 2 is 1.96 bits per heavy atom. The highest BCUT2D eigenvalue weighted by Crippen LogP contribution is 2.32. The molecule has 0 spiro atoms. The van der Waals surface area contributed by atoms with Crippen LogP contribution in [0.3, 0.4) is 0 Å². The second kappa shape index (κ2) is 6.77. The van der Waals surface area contributed by atoms with Crippen LogP contribution in [-0.4, -0.2) is 29.8 Å². The Balaban J connectivity index is 2.07. The van der Waals surface area contributed by atoms with Gasteiger partial charge in [-0.05, 0) is 25.5 Å². The average Bonchev–Trinajstić information content (AvgIpc) is 2.66. The fourth-order valence-electron chi connectivity index (χ4n) is 3.27. The van der Waals surface area contributed by atoms with Gasteiger partial charge < -0.3 is 14.8 Å². The fourth-order valence-corrected chi connectivity index (χ4v) is 3.27. The molecule has 0 aromatic heterocycles. The number of anilines is 1. The first-order valence-corrected chi connectivity index (χ1v) is 8.83. The summed E-state index contributed by atoms with van der Waals surface area (Å²) >= 11 is 0. The number of aryl methyl sites for hydroxylation is 1. The first-order valence-electron chi connectivity index (χ1n) is 8.83. The first kappa shape index (κ1) is 16.5. The van der Waals surface area contributed by atoms with E-state index in [0.717, 1.165) is 50.7 Å². The van der Waals surface area contributed by atoms with Crippen LogP contribution in [0.1, 0.15) is 12.5 Å². The summed E-state index contributed by atoms with van der Waals surface area (Å²) in [5.41, 5.74) is 4.59. The molecule has 0 fully saturated rings. The molecular weight excluding hydrogens is 326 g/mol. The van der Waals surface area contributed by atoms with Gasteiger partial charge in [-0.25, -0.2) is 4.98 Å². The van der Waals surface area contributed by atoms with Crippen LogP contribution in [0, 0.1) is 6.92 Å². The van der Waals surface area contributed by atoms with Gasteiger partial charge in [0.1, 0.15) is 11.2 Å². The molecule has 5 heteroatoms. The Hall–Kier alpha value is -2.92. The van der Waals surface area contributed by atoms with E-state index < -0.39 is 0 Å². The normalized spacial score (nSPS) is 12.3. The summed E-state index contributed by atoms with van der Waals surface area (Å²) in [7, 11) is 0. The van der Waals surface area contributed by atoms with Crippen molar-refractivity contribution in [2.75, 3.05) is 25.0 Å². The van der Waals surface area contributed by atoms with Gasteiger partial charge >= 0.3 is 0 Å². The molecule has 0 saturated heterocycles. The molecule has 0 amide bonds. The Bertz CT molecular complexity index is 1130. The van der Waals surface area contributed by atoms with Crippen LogP contribution < -0.4 is 10.7 Å². The third-order valence-corrected chi connectivity index (χ3v) is 4.47. The Labute approximate surface area is 151 Å². The van der Waals surface area contributed by atoms with Gasteiger partial charge in [0, 0.05) is 35.1 Å². The van der Waals surface area contributed by atoms with E-state index in [2.05, 4.69) is 30.2 Å². The number of aliphatic hydroxyl groups excluding tert-OH is 1. The van der Waals surface area contributed by atoms with Crippen LogP contribution in [0.25, 0.3) is 33.3 Å². The lowest BCUT2D eigenvalue weighted by Gasteiger charge is -2.13. The van der Waals surface area contributed by atoms with Gasteiger partial charge in [-0.15, -0.1) is 0 Å². The van der Waals surface area contributed by atoms with Gasteiger partial charge in [0.15, 0.2) is 11.3 Å². The summed E-state index contributed by atoms with van der Waals surface area (Å²) in [6, 6.07) is 14.0. The number of aliphatic hydroxyl groups is 1. The molecule has 0 unspecified atom stereocenters. The van der Waals surface area contributed by atoms with E-state index in [1.807, 2.05) is 36.4 Å². The van der Waals surface area contributed by atoms with Gasteiger partial charge in [-0.1, -0.05) is 24.3 Å². The molecule has 1 heterocycles. The Morgan fingerprint density at radius 1 is 1.15 bits per heavy atom. The maximum atomic E-state index is 9.12. The van der Waals surface area contributed by atoms with E-state index in [1.54, 1.807) is 0 Å². The minimum absolute atomic E-state index is 0.0187. The largest absolute Gasteiger partial charge is 0.453 e. The summed E-state index contributed by atoms with van der Waals surface area (Å²) in [6.45, 7) is 5.37. The van der Waals surface area contributed by atoms with Crippen LogP contribution in [0.15, 0.2) is 51.9 Å². The average molecular weight is 347 g/mol. The van der Waals surface area contributed by atoms with E-state index >= 15 is 0 Å². The van der Waals surface area contributed by atoms with Crippen molar-refractivity contribution in [2.45, 2.75) is 13.8 Å². The molecule has 1 aliphatic carbocycles. The standard InChI is InChI=1S/C21H21N3O2/c1-3-22-16-11-19-18(10-13(16)2)24-21-15-7-5-4-6-14(15)17(23-8-9-25)12-20(21)26-19/h4-7,10-12,22,25H,3,8-9H2,1-2H3. The summed E-state index contributed by atoms with van der Waals surface area (Å²) in [4.78, 5) is 9.37. The fraction of sp³-hybridized carbons (Fsp3) is 0.238. The minimum atomic E-state index is 0.0187. The molecule has 4 rings (SSSR count). The molecular formula is C21H21N3O2. The number of rotatable bonds is 4. The van der Waals surface area contributed by atoms with Crippen molar-refractivity contribution in [1.82, 2.24) is 4.98 Å². The molecule has 0 bridgehead atoms. The second-order valence-electron chi connectivity index (χ2n) is 6.27. The Kier molecular flexibility index (Phi) is 4.31. The van der Waals surface area contributed by atoms with E-state index in [9.17, 15) is 0 Å². The first-order chi connectivity index (χ1) is 12.7. The molecule has 1 aliphatic heterocycles. The van der Waals surface area contributed by atoms with Gasteiger partial charge in [-0.3, -0.25) is 4.99 Å².